The molecule has 0 saturated carbocycles. The van der Waals surface area contributed by atoms with Gasteiger partial charge in [0.15, 0.2) is 0 Å². The van der Waals surface area contributed by atoms with Gasteiger partial charge < -0.3 is 20.9 Å². The first-order valence-electron chi connectivity index (χ1n) is 5.97. The van der Waals surface area contributed by atoms with Gasteiger partial charge in [0.2, 0.25) is 5.91 Å². The van der Waals surface area contributed by atoms with E-state index in [-0.39, 0.29) is 11.3 Å². The van der Waals surface area contributed by atoms with Gasteiger partial charge in [0.05, 0.1) is 24.4 Å². The number of carbonyl (C=O) groups is 2. The predicted octanol–water partition coefficient (Wildman–Crippen LogP) is 1.46. The van der Waals surface area contributed by atoms with Crippen LogP contribution >= 0.6 is 0 Å². The van der Waals surface area contributed by atoms with Gasteiger partial charge >= 0.3 is 5.97 Å². The number of hydrogen-bond acceptors (Lipinski definition) is 4. The third-order valence-corrected chi connectivity index (χ3v) is 2.65. The van der Waals surface area contributed by atoms with E-state index < -0.39 is 17.9 Å². The van der Waals surface area contributed by atoms with Crippen LogP contribution in [0.1, 0.15) is 30.1 Å². The second-order valence-corrected chi connectivity index (χ2v) is 4.10. The Balaban J connectivity index is 2.94. The molecular formula is C13H18N2O4. The molecule has 0 aliphatic carbocycles. The standard InChI is InChI=1S/C13H18N2O4/c1-3-4-10(14)12(16)15-11-6-5-8(19-2)7-9(11)13(17)18/h5-7,10H,3-4,14H2,1-2H3,(H,15,16)(H,17,18)/t10-/m0/s1. The SMILES string of the molecule is CCC[C@H](N)C(=O)Nc1ccc(OC)cc1C(=O)O. The maximum atomic E-state index is 11.8. The van der Waals surface area contributed by atoms with Crippen molar-refractivity contribution >= 4 is 17.6 Å². The van der Waals surface area contributed by atoms with Crippen LogP contribution in [0.3, 0.4) is 0 Å². The largest absolute Gasteiger partial charge is 0.497 e. The number of anilines is 1. The van der Waals surface area contributed by atoms with Crippen LogP contribution in [-0.2, 0) is 4.79 Å². The van der Waals surface area contributed by atoms with Gasteiger partial charge in [0.1, 0.15) is 5.75 Å². The molecule has 0 heterocycles. The number of carboxylic acid groups (broad SMARTS) is 1. The van der Waals surface area contributed by atoms with E-state index in [9.17, 15) is 9.59 Å². The number of amides is 1. The third kappa shape index (κ3) is 3.96. The van der Waals surface area contributed by atoms with Crippen LogP contribution in [0.4, 0.5) is 5.69 Å². The Bertz CT molecular complexity index is 474. The first kappa shape index (κ1) is 15.0. The molecule has 0 radical (unpaired) electrons. The number of carboxylic acids is 1. The van der Waals surface area contributed by atoms with E-state index in [1.807, 2.05) is 6.92 Å². The number of methoxy groups -OCH3 is 1. The summed E-state index contributed by atoms with van der Waals surface area (Å²) in [6, 6.07) is 3.77. The van der Waals surface area contributed by atoms with Crippen LogP contribution in [0, 0.1) is 0 Å². The van der Waals surface area contributed by atoms with Crippen LogP contribution in [0.5, 0.6) is 5.75 Å². The zero-order valence-electron chi connectivity index (χ0n) is 11.0. The van der Waals surface area contributed by atoms with Crippen LogP contribution < -0.4 is 15.8 Å². The van der Waals surface area contributed by atoms with Gasteiger partial charge in [0, 0.05) is 0 Å². The summed E-state index contributed by atoms with van der Waals surface area (Å²) in [4.78, 5) is 22.9. The summed E-state index contributed by atoms with van der Waals surface area (Å²) < 4.78 is 4.95. The summed E-state index contributed by atoms with van der Waals surface area (Å²) in [5.41, 5.74) is 5.86. The number of rotatable bonds is 6. The van der Waals surface area contributed by atoms with E-state index in [1.165, 1.54) is 19.2 Å². The van der Waals surface area contributed by atoms with E-state index in [4.69, 9.17) is 15.6 Å². The summed E-state index contributed by atoms with van der Waals surface area (Å²) >= 11 is 0. The average molecular weight is 266 g/mol. The summed E-state index contributed by atoms with van der Waals surface area (Å²) in [7, 11) is 1.44. The number of carbonyl (C=O) groups excluding carboxylic acids is 1. The van der Waals surface area contributed by atoms with Crippen molar-refractivity contribution in [2.75, 3.05) is 12.4 Å². The Hall–Kier alpha value is -2.08. The van der Waals surface area contributed by atoms with Crippen LogP contribution in [0.15, 0.2) is 18.2 Å². The van der Waals surface area contributed by atoms with Gasteiger partial charge in [-0.1, -0.05) is 13.3 Å². The molecule has 0 aromatic heterocycles. The zero-order valence-corrected chi connectivity index (χ0v) is 11.0. The first-order chi connectivity index (χ1) is 8.99. The lowest BCUT2D eigenvalue weighted by Crippen LogP contribution is -2.35. The van der Waals surface area contributed by atoms with Crippen LogP contribution in [-0.4, -0.2) is 30.1 Å². The molecule has 1 aromatic carbocycles. The minimum Gasteiger partial charge on any atom is -0.497 e. The molecule has 1 atom stereocenters. The number of aromatic carboxylic acids is 1. The van der Waals surface area contributed by atoms with Crippen molar-refractivity contribution in [3.05, 3.63) is 23.8 Å². The smallest absolute Gasteiger partial charge is 0.337 e. The molecule has 0 aliphatic heterocycles. The van der Waals surface area contributed by atoms with Gasteiger partial charge in [-0.25, -0.2) is 4.79 Å². The summed E-state index contributed by atoms with van der Waals surface area (Å²) in [5, 5.41) is 11.6. The normalized spacial score (nSPS) is 11.7. The predicted molar refractivity (Wildman–Crippen MR) is 71.5 cm³/mol. The Kier molecular flexibility index (Phi) is 5.32. The molecule has 4 N–H and O–H groups in total. The Labute approximate surface area is 111 Å². The van der Waals surface area contributed by atoms with E-state index in [0.717, 1.165) is 6.42 Å². The number of nitrogens with two attached hydrogens (primary N) is 1. The highest BCUT2D eigenvalue weighted by molar-refractivity contribution is 6.02. The van der Waals surface area contributed by atoms with Crippen molar-refractivity contribution in [1.82, 2.24) is 0 Å². The van der Waals surface area contributed by atoms with E-state index >= 15 is 0 Å². The summed E-state index contributed by atoms with van der Waals surface area (Å²) in [6.07, 6.45) is 1.33. The van der Waals surface area contributed by atoms with Crippen molar-refractivity contribution in [1.29, 1.82) is 0 Å². The van der Waals surface area contributed by atoms with Crippen molar-refractivity contribution < 1.29 is 19.4 Å². The highest BCUT2D eigenvalue weighted by Crippen LogP contribution is 2.22. The van der Waals surface area contributed by atoms with Crippen molar-refractivity contribution in [2.24, 2.45) is 5.73 Å². The van der Waals surface area contributed by atoms with E-state index in [0.29, 0.717) is 12.2 Å². The highest BCUT2D eigenvalue weighted by Gasteiger charge is 2.17. The molecule has 6 nitrogen and oxygen atoms in total. The monoisotopic (exact) mass is 266 g/mol. The topological polar surface area (TPSA) is 102 Å². The van der Waals surface area contributed by atoms with Gasteiger partial charge in [-0.3, -0.25) is 4.79 Å². The van der Waals surface area contributed by atoms with Gasteiger partial charge in [-0.05, 0) is 24.6 Å². The summed E-state index contributed by atoms with van der Waals surface area (Å²) in [6.45, 7) is 1.92. The molecule has 0 aliphatic rings. The van der Waals surface area contributed by atoms with Crippen LogP contribution in [0.25, 0.3) is 0 Å². The molecule has 0 bridgehead atoms. The average Bonchev–Trinajstić information content (AvgIpc) is 2.39. The Morgan fingerprint density at radius 2 is 2.16 bits per heavy atom. The van der Waals surface area contributed by atoms with Crippen molar-refractivity contribution in [3.63, 3.8) is 0 Å². The molecular weight excluding hydrogens is 248 g/mol. The number of benzene rings is 1. The third-order valence-electron chi connectivity index (χ3n) is 2.65. The fourth-order valence-corrected chi connectivity index (χ4v) is 1.60. The minimum atomic E-state index is -1.14. The molecule has 0 fully saturated rings. The van der Waals surface area contributed by atoms with Gasteiger partial charge in [-0.15, -0.1) is 0 Å². The second-order valence-electron chi connectivity index (χ2n) is 4.10. The fourth-order valence-electron chi connectivity index (χ4n) is 1.60. The van der Waals surface area contributed by atoms with Gasteiger partial charge in [-0.2, -0.15) is 0 Å². The van der Waals surface area contributed by atoms with Crippen molar-refractivity contribution in [2.45, 2.75) is 25.8 Å². The Morgan fingerprint density at radius 3 is 2.68 bits per heavy atom. The van der Waals surface area contributed by atoms with Crippen LogP contribution in [0.2, 0.25) is 0 Å². The lowest BCUT2D eigenvalue weighted by atomic mass is 10.1. The number of hydrogen-bond donors (Lipinski definition) is 3. The molecule has 104 valence electrons. The lowest BCUT2D eigenvalue weighted by Gasteiger charge is -2.13. The fraction of sp³-hybridized carbons (Fsp3) is 0.385. The first-order valence-corrected chi connectivity index (χ1v) is 5.97. The molecule has 0 spiro atoms. The zero-order chi connectivity index (χ0) is 14.4. The Morgan fingerprint density at radius 1 is 1.47 bits per heavy atom. The molecule has 0 saturated heterocycles. The molecule has 19 heavy (non-hydrogen) atoms. The molecule has 6 heteroatoms. The summed E-state index contributed by atoms with van der Waals surface area (Å²) in [5.74, 6) is -1.12. The minimum absolute atomic E-state index is 0.0311. The highest BCUT2D eigenvalue weighted by atomic mass is 16.5. The molecule has 1 aromatic rings. The molecule has 1 amide bonds. The maximum absolute atomic E-state index is 11.8. The maximum Gasteiger partial charge on any atom is 0.337 e. The number of ether oxygens (including phenoxy) is 1. The van der Waals surface area contributed by atoms with E-state index in [1.54, 1.807) is 6.07 Å². The quantitative estimate of drug-likeness (QED) is 0.723. The molecule has 1 rings (SSSR count). The van der Waals surface area contributed by atoms with Crippen molar-refractivity contribution in [3.8, 4) is 5.75 Å². The van der Waals surface area contributed by atoms with E-state index in [2.05, 4.69) is 5.32 Å². The molecule has 0 unspecified atom stereocenters. The number of nitrogens with one attached hydrogen (secondary N) is 1. The van der Waals surface area contributed by atoms with Gasteiger partial charge in [0.25, 0.3) is 0 Å². The lowest BCUT2D eigenvalue weighted by molar-refractivity contribution is -0.117. The second kappa shape index (κ2) is 6.75.